The lowest BCUT2D eigenvalue weighted by atomic mass is 10.00. The van der Waals surface area contributed by atoms with Crippen LogP contribution < -0.4 is 0 Å². The third kappa shape index (κ3) is 67.0. The molecule has 0 aromatic rings. The summed E-state index contributed by atoms with van der Waals surface area (Å²) in [5, 5.41) is 10.6. The van der Waals surface area contributed by atoms with E-state index in [1.807, 2.05) is 0 Å². The summed E-state index contributed by atoms with van der Waals surface area (Å²) in [5.41, 5.74) is 0. The van der Waals surface area contributed by atoms with Gasteiger partial charge in [-0.1, -0.05) is 330 Å². The molecule has 3 N–H and O–H groups in total. The molecule has 0 spiro atoms. The highest BCUT2D eigenvalue weighted by Crippen LogP contribution is 2.45. The first-order valence-corrected chi connectivity index (χ1v) is 41.5. The van der Waals surface area contributed by atoms with E-state index in [0.29, 0.717) is 25.7 Å². The Bertz CT molecular complexity index is 1810. The number of esters is 4. The molecule has 0 aliphatic carbocycles. The molecule has 0 aliphatic heterocycles. The molecule has 0 saturated carbocycles. The lowest BCUT2D eigenvalue weighted by Gasteiger charge is -2.21. The van der Waals surface area contributed by atoms with E-state index in [2.05, 4.69) is 41.5 Å². The normalized spacial score (nSPS) is 14.3. The van der Waals surface area contributed by atoms with Crippen molar-refractivity contribution < 1.29 is 80.2 Å². The number of ether oxygens (including phenoxy) is 4. The van der Waals surface area contributed by atoms with Crippen LogP contribution in [-0.4, -0.2) is 96.7 Å². The third-order valence-electron chi connectivity index (χ3n) is 17.6. The van der Waals surface area contributed by atoms with Crippen molar-refractivity contribution >= 4 is 39.5 Å². The van der Waals surface area contributed by atoms with Gasteiger partial charge in [-0.3, -0.25) is 37.3 Å². The minimum atomic E-state index is -4.96. The summed E-state index contributed by atoms with van der Waals surface area (Å²) < 4.78 is 68.4. The zero-order valence-corrected chi connectivity index (χ0v) is 62.3. The van der Waals surface area contributed by atoms with Crippen molar-refractivity contribution in [3.05, 3.63) is 0 Å². The Kier molecular flexibility index (Phi) is 64.6. The van der Waals surface area contributed by atoms with Crippen LogP contribution in [0.25, 0.3) is 0 Å². The number of hydrogen-bond acceptors (Lipinski definition) is 15. The molecule has 0 aromatic heterocycles. The van der Waals surface area contributed by atoms with Gasteiger partial charge in [-0.15, -0.1) is 0 Å². The molecule has 6 atom stereocenters. The standard InChI is InChI=1S/C74H144O17P2/c1-7-10-12-14-16-18-20-21-26-30-33-37-44-50-56-71(76)84-62-69(90-74(79)59-53-47-39-35-31-27-24-22-23-25-29-32-36-42-48-54-66(4)5)64-88-92(80,81)86-60-68(75)61-87-93(82,83)89-65-70(63-85-72(77)57-51-45-41-40-43-49-55-67(6)9-3)91-73(78)58-52-46-38-34-28-19-17-15-13-11-8-2/h66-70,75H,7-65H2,1-6H3,(H,80,81)(H,82,83)/t67?,68-,69-,70-/m1/s1. The number of hydrogen-bond donors (Lipinski definition) is 3. The Labute approximate surface area is 568 Å². The molecule has 0 radical (unpaired) electrons. The van der Waals surface area contributed by atoms with Crippen LogP contribution in [0.4, 0.5) is 0 Å². The van der Waals surface area contributed by atoms with E-state index in [1.54, 1.807) is 0 Å². The fourth-order valence-corrected chi connectivity index (χ4v) is 12.8. The maximum Gasteiger partial charge on any atom is 0.472 e. The number of rotatable bonds is 73. The zero-order valence-electron chi connectivity index (χ0n) is 60.6. The summed E-state index contributed by atoms with van der Waals surface area (Å²) in [6.07, 6.45) is 52.6. The minimum Gasteiger partial charge on any atom is -0.462 e. The van der Waals surface area contributed by atoms with Crippen molar-refractivity contribution in [3.63, 3.8) is 0 Å². The molecule has 0 bridgehead atoms. The fourth-order valence-electron chi connectivity index (χ4n) is 11.3. The van der Waals surface area contributed by atoms with Gasteiger partial charge in [0.05, 0.1) is 26.4 Å². The lowest BCUT2D eigenvalue weighted by Crippen LogP contribution is -2.30. The van der Waals surface area contributed by atoms with Crippen molar-refractivity contribution in [2.75, 3.05) is 39.6 Å². The quantitative estimate of drug-likeness (QED) is 0.0222. The van der Waals surface area contributed by atoms with Gasteiger partial charge in [0.2, 0.25) is 0 Å². The first-order valence-electron chi connectivity index (χ1n) is 38.5. The highest BCUT2D eigenvalue weighted by Gasteiger charge is 2.30. The minimum absolute atomic E-state index is 0.106. The summed E-state index contributed by atoms with van der Waals surface area (Å²) in [6, 6.07) is 0. The number of aliphatic hydroxyl groups is 1. The molecule has 0 saturated heterocycles. The van der Waals surface area contributed by atoms with E-state index in [0.717, 1.165) is 108 Å². The van der Waals surface area contributed by atoms with Crippen molar-refractivity contribution in [2.45, 2.75) is 400 Å². The second-order valence-electron chi connectivity index (χ2n) is 27.4. The Morgan fingerprint density at radius 3 is 0.817 bits per heavy atom. The van der Waals surface area contributed by atoms with Gasteiger partial charge in [0.15, 0.2) is 12.2 Å². The van der Waals surface area contributed by atoms with E-state index >= 15 is 0 Å². The Hall–Kier alpha value is -1.94. The molecule has 19 heteroatoms. The average molecular weight is 1370 g/mol. The molecule has 0 rings (SSSR count). The Balaban J connectivity index is 5.23. The monoisotopic (exact) mass is 1370 g/mol. The van der Waals surface area contributed by atoms with Crippen molar-refractivity contribution in [1.29, 1.82) is 0 Å². The Morgan fingerprint density at radius 2 is 0.548 bits per heavy atom. The Morgan fingerprint density at radius 1 is 0.312 bits per heavy atom. The zero-order chi connectivity index (χ0) is 68.6. The van der Waals surface area contributed by atoms with Crippen LogP contribution in [0.5, 0.6) is 0 Å². The van der Waals surface area contributed by atoms with Crippen LogP contribution in [0.1, 0.15) is 382 Å². The maximum absolute atomic E-state index is 13.1. The van der Waals surface area contributed by atoms with Gasteiger partial charge in [0.25, 0.3) is 0 Å². The van der Waals surface area contributed by atoms with Gasteiger partial charge in [-0.05, 0) is 37.5 Å². The number of aliphatic hydroxyl groups excluding tert-OH is 1. The van der Waals surface area contributed by atoms with Crippen molar-refractivity contribution in [2.24, 2.45) is 11.8 Å². The smallest absolute Gasteiger partial charge is 0.462 e. The summed E-state index contributed by atoms with van der Waals surface area (Å²) in [6.45, 7) is 9.57. The summed E-state index contributed by atoms with van der Waals surface area (Å²) >= 11 is 0. The highest BCUT2D eigenvalue weighted by molar-refractivity contribution is 7.47. The SMILES string of the molecule is CCCCCCCCCCCCCCCCC(=O)OC[C@H](COP(=O)(O)OC[C@@H](O)COP(=O)(O)OC[C@@H](COC(=O)CCCCCCCCC(C)CC)OC(=O)CCCCCCCCCCCCC)OC(=O)CCCCCCCCCCCCCCCCCC(C)C. The van der Waals surface area contributed by atoms with E-state index < -0.39 is 97.5 Å². The van der Waals surface area contributed by atoms with Crippen LogP contribution in [0.2, 0.25) is 0 Å². The highest BCUT2D eigenvalue weighted by atomic mass is 31.2. The molecule has 93 heavy (non-hydrogen) atoms. The second kappa shape index (κ2) is 66.0. The van der Waals surface area contributed by atoms with Crippen molar-refractivity contribution in [3.8, 4) is 0 Å². The maximum atomic E-state index is 13.1. The van der Waals surface area contributed by atoms with Crippen LogP contribution in [0.15, 0.2) is 0 Å². The fraction of sp³-hybridized carbons (Fsp3) is 0.946. The predicted molar refractivity (Wildman–Crippen MR) is 377 cm³/mol. The molecule has 0 aliphatic rings. The largest absolute Gasteiger partial charge is 0.472 e. The van der Waals surface area contributed by atoms with Gasteiger partial charge in [-0.25, -0.2) is 9.13 Å². The van der Waals surface area contributed by atoms with Gasteiger partial charge in [0.1, 0.15) is 19.3 Å². The number of carbonyl (C=O) groups is 4. The first kappa shape index (κ1) is 91.1. The first-order chi connectivity index (χ1) is 44.9. The molecule has 3 unspecified atom stereocenters. The number of carbonyl (C=O) groups excluding carboxylic acids is 4. The molecule has 0 aromatic carbocycles. The topological polar surface area (TPSA) is 237 Å². The second-order valence-corrected chi connectivity index (χ2v) is 30.3. The van der Waals surface area contributed by atoms with Gasteiger partial charge < -0.3 is 33.8 Å². The third-order valence-corrected chi connectivity index (χ3v) is 19.5. The molecule has 0 heterocycles. The van der Waals surface area contributed by atoms with Crippen LogP contribution >= 0.6 is 15.6 Å². The molecule has 17 nitrogen and oxygen atoms in total. The number of unbranched alkanes of at least 4 members (excludes halogenated alkanes) is 42. The average Bonchev–Trinajstić information content (AvgIpc) is 1.74. The van der Waals surface area contributed by atoms with Crippen LogP contribution in [0, 0.1) is 11.8 Å². The van der Waals surface area contributed by atoms with Crippen LogP contribution in [0.3, 0.4) is 0 Å². The van der Waals surface area contributed by atoms with E-state index in [1.165, 1.54) is 193 Å². The van der Waals surface area contributed by atoms with E-state index in [9.17, 15) is 43.2 Å². The molecular formula is C74H144O17P2. The molecule has 0 amide bonds. The lowest BCUT2D eigenvalue weighted by molar-refractivity contribution is -0.161. The van der Waals surface area contributed by atoms with Crippen LogP contribution in [-0.2, 0) is 65.4 Å². The van der Waals surface area contributed by atoms with Gasteiger partial charge in [0, 0.05) is 25.7 Å². The molecule has 552 valence electrons. The van der Waals surface area contributed by atoms with Crippen molar-refractivity contribution in [1.82, 2.24) is 0 Å². The summed E-state index contributed by atoms with van der Waals surface area (Å²) in [4.78, 5) is 72.7. The van der Waals surface area contributed by atoms with Gasteiger partial charge >= 0.3 is 39.5 Å². The number of phosphoric acid groups is 2. The predicted octanol–water partition coefficient (Wildman–Crippen LogP) is 21.6. The van der Waals surface area contributed by atoms with E-state index in [4.69, 9.17) is 37.0 Å². The van der Waals surface area contributed by atoms with Gasteiger partial charge in [-0.2, -0.15) is 0 Å². The molecular weight excluding hydrogens is 1220 g/mol. The number of phosphoric ester groups is 2. The summed E-state index contributed by atoms with van der Waals surface area (Å²) in [5.74, 6) is -0.584. The van der Waals surface area contributed by atoms with E-state index in [-0.39, 0.29) is 25.7 Å². The summed E-state index contributed by atoms with van der Waals surface area (Å²) in [7, 11) is -9.91. The molecule has 0 fully saturated rings.